The quantitative estimate of drug-likeness (QED) is 0.128. The number of hydrogen-bond acceptors (Lipinski definition) is 11. The Labute approximate surface area is 316 Å². The van der Waals surface area contributed by atoms with Gasteiger partial charge in [-0.3, -0.25) is 19.2 Å². The van der Waals surface area contributed by atoms with Crippen LogP contribution in [0.15, 0.2) is 79.4 Å². The minimum Gasteiger partial charge on any atom is -0.477 e. The van der Waals surface area contributed by atoms with Gasteiger partial charge in [-0.1, -0.05) is 30.3 Å². The zero-order valence-corrected chi connectivity index (χ0v) is 29.8. The molecule has 4 amide bonds. The summed E-state index contributed by atoms with van der Waals surface area (Å²) in [5.74, 6) is -4.71. The lowest BCUT2D eigenvalue weighted by Crippen LogP contribution is -2.33. The number of aryl methyl sites for hydroxylation is 2. The maximum absolute atomic E-state index is 13.4. The first-order valence-corrected chi connectivity index (χ1v) is 16.5. The second kappa shape index (κ2) is 17.5. The third-order valence-electron chi connectivity index (χ3n) is 8.18. The van der Waals surface area contributed by atoms with Crippen LogP contribution in [0.25, 0.3) is 0 Å². The molecule has 1 atom stereocenters. The van der Waals surface area contributed by atoms with Crippen LogP contribution in [-0.4, -0.2) is 67.7 Å². The summed E-state index contributed by atoms with van der Waals surface area (Å²) < 4.78 is 31.2. The van der Waals surface area contributed by atoms with E-state index in [4.69, 9.17) is 5.11 Å². The Morgan fingerprint density at radius 1 is 0.714 bits per heavy atom. The van der Waals surface area contributed by atoms with Crippen LogP contribution in [0.5, 0.6) is 0 Å². The fourth-order valence-electron chi connectivity index (χ4n) is 5.24. The van der Waals surface area contributed by atoms with Gasteiger partial charge in [-0.2, -0.15) is 0 Å². The van der Waals surface area contributed by atoms with Crippen molar-refractivity contribution in [2.45, 2.75) is 33.0 Å². The number of hydrogen-bond donors (Lipinski definition) is 5. The standard InChI is InChI=1S/C24H20FN5O5.C14H12FN3O3/c1-12-7-13(3-6-16(12)25)10-26-21(31)18-9-19(28-11-27-18)22(32)30-20-15-5-4-14(24(34)35-2)8-17(15)29-23(20)33;1-8-4-9(2-3-10(8)15)6-16-13(19)11-5-12(14(20)21)18-7-17-11/h3-9,11,20H,10H2,1-2H3,(H,26,31)(H,29,33)(H,30,32);2-5,7H,6H2,1H3,(H,16,19)(H,20,21). The van der Waals surface area contributed by atoms with Crippen LogP contribution in [0.3, 0.4) is 0 Å². The van der Waals surface area contributed by atoms with Gasteiger partial charge in [0.1, 0.15) is 47.4 Å². The predicted molar refractivity (Wildman–Crippen MR) is 192 cm³/mol. The molecule has 0 saturated carbocycles. The Morgan fingerprint density at radius 2 is 1.21 bits per heavy atom. The number of carbonyl (C=O) groups excluding carboxylic acids is 5. The molecule has 1 unspecified atom stereocenters. The highest BCUT2D eigenvalue weighted by atomic mass is 19.1. The lowest BCUT2D eigenvalue weighted by molar-refractivity contribution is -0.117. The predicted octanol–water partition coefficient (Wildman–Crippen LogP) is 3.62. The van der Waals surface area contributed by atoms with Crippen LogP contribution in [0.1, 0.15) is 86.2 Å². The molecule has 0 bridgehead atoms. The van der Waals surface area contributed by atoms with Gasteiger partial charge < -0.3 is 31.1 Å². The molecule has 0 saturated heterocycles. The van der Waals surface area contributed by atoms with Gasteiger partial charge in [-0.25, -0.2) is 38.3 Å². The van der Waals surface area contributed by atoms with Gasteiger partial charge in [0.2, 0.25) is 0 Å². The zero-order valence-electron chi connectivity index (χ0n) is 29.8. The molecule has 0 aliphatic carbocycles. The lowest BCUT2D eigenvalue weighted by Gasteiger charge is -2.12. The van der Waals surface area contributed by atoms with E-state index in [1.165, 1.54) is 37.4 Å². The van der Waals surface area contributed by atoms with E-state index in [0.717, 1.165) is 24.3 Å². The average Bonchev–Trinajstić information content (AvgIpc) is 3.51. The summed E-state index contributed by atoms with van der Waals surface area (Å²) in [7, 11) is 1.25. The molecule has 3 aromatic carbocycles. The highest BCUT2D eigenvalue weighted by Gasteiger charge is 2.33. The third kappa shape index (κ3) is 9.72. The number of carboxylic acid groups (broad SMARTS) is 1. The fourth-order valence-corrected chi connectivity index (χ4v) is 5.24. The molecule has 0 spiro atoms. The fraction of sp³-hybridized carbons (Fsp3) is 0.158. The number of aromatic nitrogens is 4. The first-order valence-electron chi connectivity index (χ1n) is 16.5. The van der Waals surface area contributed by atoms with Crippen molar-refractivity contribution in [1.82, 2.24) is 35.9 Å². The SMILES string of the molecule is COC(=O)c1ccc2c(c1)NC(=O)C2NC(=O)c1cc(C(=O)NCc2ccc(F)c(C)c2)ncn1.Cc1cc(CNC(=O)c2cc(C(=O)O)ncn2)ccc1F. The molecule has 0 fully saturated rings. The summed E-state index contributed by atoms with van der Waals surface area (Å²) in [5, 5.41) is 19.2. The topological polar surface area (TPSA) is 232 Å². The van der Waals surface area contributed by atoms with E-state index in [1.807, 2.05) is 0 Å². The maximum Gasteiger partial charge on any atom is 0.354 e. The molecule has 5 N–H and O–H groups in total. The van der Waals surface area contributed by atoms with Gasteiger partial charge in [0.25, 0.3) is 23.6 Å². The lowest BCUT2D eigenvalue weighted by atomic mass is 10.1. The molecule has 0 radical (unpaired) electrons. The minimum atomic E-state index is -1.24. The van der Waals surface area contributed by atoms with Crippen LogP contribution in [0.2, 0.25) is 0 Å². The van der Waals surface area contributed by atoms with E-state index >= 15 is 0 Å². The monoisotopic (exact) mass is 766 g/mol. The second-order valence-corrected chi connectivity index (χ2v) is 12.1. The van der Waals surface area contributed by atoms with Crippen molar-refractivity contribution in [3.05, 3.63) is 147 Å². The van der Waals surface area contributed by atoms with E-state index in [2.05, 4.69) is 45.9 Å². The van der Waals surface area contributed by atoms with Crippen molar-refractivity contribution >= 4 is 41.3 Å². The van der Waals surface area contributed by atoms with Crippen LogP contribution >= 0.6 is 0 Å². The van der Waals surface area contributed by atoms with Crippen LogP contribution < -0.4 is 21.3 Å². The molecule has 6 rings (SSSR count). The Bertz CT molecular complexity index is 2370. The molecule has 286 valence electrons. The molecule has 3 heterocycles. The number of rotatable bonds is 10. The van der Waals surface area contributed by atoms with Crippen molar-refractivity contribution in [1.29, 1.82) is 0 Å². The molecule has 56 heavy (non-hydrogen) atoms. The van der Waals surface area contributed by atoms with Gasteiger partial charge in [0.15, 0.2) is 5.69 Å². The Hall–Kier alpha value is -7.50. The molecular weight excluding hydrogens is 734 g/mol. The molecular formula is C38H32F2N8O8. The zero-order chi connectivity index (χ0) is 40.5. The molecule has 18 heteroatoms. The van der Waals surface area contributed by atoms with Crippen molar-refractivity contribution in [3.63, 3.8) is 0 Å². The van der Waals surface area contributed by atoms with Crippen molar-refractivity contribution in [2.75, 3.05) is 12.4 Å². The first-order chi connectivity index (χ1) is 26.7. The summed E-state index contributed by atoms with van der Waals surface area (Å²) in [5.41, 5.74) is 3.00. The van der Waals surface area contributed by atoms with Crippen molar-refractivity contribution in [2.24, 2.45) is 0 Å². The van der Waals surface area contributed by atoms with Gasteiger partial charge in [0, 0.05) is 36.5 Å². The number of nitrogens with zero attached hydrogens (tertiary/aromatic N) is 4. The van der Waals surface area contributed by atoms with Crippen LogP contribution in [0.4, 0.5) is 14.5 Å². The second-order valence-electron chi connectivity index (χ2n) is 12.1. The highest BCUT2D eigenvalue weighted by molar-refractivity contribution is 6.07. The number of amides is 4. The average molecular weight is 767 g/mol. The van der Waals surface area contributed by atoms with E-state index in [0.29, 0.717) is 27.9 Å². The summed E-state index contributed by atoms with van der Waals surface area (Å²) >= 11 is 0. The minimum absolute atomic E-state index is 0.0405. The van der Waals surface area contributed by atoms with Gasteiger partial charge in [0.05, 0.1) is 12.7 Å². The van der Waals surface area contributed by atoms with E-state index < -0.39 is 41.6 Å². The van der Waals surface area contributed by atoms with Gasteiger partial charge in [-0.15, -0.1) is 0 Å². The number of carboxylic acids is 1. The summed E-state index contributed by atoms with van der Waals surface area (Å²) in [4.78, 5) is 87.1. The van der Waals surface area contributed by atoms with Gasteiger partial charge in [-0.05, 0) is 60.4 Å². The van der Waals surface area contributed by atoms with Gasteiger partial charge >= 0.3 is 11.9 Å². The normalized spacial score (nSPS) is 12.6. The molecule has 1 aliphatic rings. The first kappa shape index (κ1) is 39.7. The summed E-state index contributed by atoms with van der Waals surface area (Å²) in [6.45, 7) is 3.58. The molecule has 5 aromatic rings. The van der Waals surface area contributed by atoms with Crippen molar-refractivity contribution < 1.29 is 47.4 Å². The number of aromatic carboxylic acids is 1. The smallest absolute Gasteiger partial charge is 0.354 e. The number of ether oxygens (including phenoxy) is 1. The number of nitrogens with one attached hydrogen (secondary N) is 4. The van der Waals surface area contributed by atoms with Crippen LogP contribution in [0, 0.1) is 25.5 Å². The van der Waals surface area contributed by atoms with E-state index in [9.17, 15) is 37.5 Å². The number of benzene rings is 3. The summed E-state index contributed by atoms with van der Waals surface area (Å²) in [6, 6.07) is 14.8. The number of methoxy groups -OCH3 is 1. The van der Waals surface area contributed by atoms with Crippen LogP contribution in [-0.2, 0) is 22.6 Å². The summed E-state index contributed by atoms with van der Waals surface area (Å²) in [6.07, 6.45) is 2.08. The number of esters is 1. The highest BCUT2D eigenvalue weighted by Crippen LogP contribution is 2.32. The maximum atomic E-state index is 13.4. The molecule has 1 aliphatic heterocycles. The Morgan fingerprint density at radius 3 is 1.71 bits per heavy atom. The van der Waals surface area contributed by atoms with E-state index in [1.54, 1.807) is 44.2 Å². The third-order valence-corrected chi connectivity index (χ3v) is 8.18. The van der Waals surface area contributed by atoms with E-state index in [-0.39, 0.29) is 53.1 Å². The van der Waals surface area contributed by atoms with Crippen molar-refractivity contribution in [3.8, 4) is 0 Å². The molecule has 2 aromatic heterocycles. The number of fused-ring (bicyclic) bond motifs is 1. The largest absolute Gasteiger partial charge is 0.477 e. The Balaban J connectivity index is 0.000000244. The molecule has 16 nitrogen and oxygen atoms in total. The Kier molecular flexibility index (Phi) is 12.4. The number of anilines is 1. The number of halogens is 2. The number of carbonyl (C=O) groups is 6.